The van der Waals surface area contributed by atoms with Gasteiger partial charge >= 0.3 is 0 Å². The number of ether oxygens (including phenoxy) is 1. The SMILES string of the molecule is COCC1CC2CC(O)CC1N2C. The maximum absolute atomic E-state index is 9.63. The Hall–Kier alpha value is -0.120. The molecule has 4 atom stereocenters. The Morgan fingerprint density at radius 2 is 2.15 bits per heavy atom. The van der Waals surface area contributed by atoms with Crippen LogP contribution in [0, 0.1) is 5.92 Å². The lowest BCUT2D eigenvalue weighted by atomic mass is 9.97. The van der Waals surface area contributed by atoms with Gasteiger partial charge in [-0.1, -0.05) is 0 Å². The van der Waals surface area contributed by atoms with Gasteiger partial charge in [-0.2, -0.15) is 0 Å². The second-order valence-corrected chi connectivity index (χ2v) is 4.46. The van der Waals surface area contributed by atoms with Crippen molar-refractivity contribution >= 4 is 0 Å². The molecule has 2 bridgehead atoms. The lowest BCUT2D eigenvalue weighted by molar-refractivity contribution is 0.0360. The van der Waals surface area contributed by atoms with Gasteiger partial charge in [-0.15, -0.1) is 0 Å². The molecule has 4 unspecified atom stereocenters. The van der Waals surface area contributed by atoms with Gasteiger partial charge in [0.25, 0.3) is 0 Å². The summed E-state index contributed by atoms with van der Waals surface area (Å²) in [5, 5.41) is 9.63. The van der Waals surface area contributed by atoms with Crippen molar-refractivity contribution in [2.24, 2.45) is 5.92 Å². The largest absolute Gasteiger partial charge is 0.393 e. The summed E-state index contributed by atoms with van der Waals surface area (Å²) in [6.45, 7) is 0.845. The third kappa shape index (κ3) is 1.60. The van der Waals surface area contributed by atoms with Crippen molar-refractivity contribution in [3.8, 4) is 0 Å². The van der Waals surface area contributed by atoms with Crippen molar-refractivity contribution < 1.29 is 9.84 Å². The van der Waals surface area contributed by atoms with Crippen LogP contribution in [0.15, 0.2) is 0 Å². The number of nitrogens with zero attached hydrogens (tertiary/aromatic N) is 1. The third-order valence-electron chi connectivity index (χ3n) is 3.66. The summed E-state index contributed by atoms with van der Waals surface area (Å²) in [7, 11) is 3.94. The Morgan fingerprint density at radius 1 is 1.38 bits per heavy atom. The summed E-state index contributed by atoms with van der Waals surface area (Å²) in [6.07, 6.45) is 3.01. The van der Waals surface area contributed by atoms with Crippen LogP contribution in [0.4, 0.5) is 0 Å². The molecule has 0 amide bonds. The smallest absolute Gasteiger partial charge is 0.0570 e. The van der Waals surface area contributed by atoms with E-state index in [0.29, 0.717) is 18.0 Å². The van der Waals surface area contributed by atoms with E-state index in [9.17, 15) is 5.11 Å². The van der Waals surface area contributed by atoms with Gasteiger partial charge in [0, 0.05) is 19.2 Å². The molecule has 2 aliphatic heterocycles. The molecule has 3 heteroatoms. The number of hydrogen-bond donors (Lipinski definition) is 1. The van der Waals surface area contributed by atoms with Crippen LogP contribution in [0.3, 0.4) is 0 Å². The van der Waals surface area contributed by atoms with Crippen LogP contribution in [0.1, 0.15) is 19.3 Å². The first-order chi connectivity index (χ1) is 6.22. The van der Waals surface area contributed by atoms with E-state index in [4.69, 9.17) is 4.74 Å². The molecule has 76 valence electrons. The molecule has 0 aromatic rings. The Labute approximate surface area is 79.7 Å². The summed E-state index contributed by atoms with van der Waals surface area (Å²) in [6, 6.07) is 1.14. The van der Waals surface area contributed by atoms with Crippen molar-refractivity contribution in [2.75, 3.05) is 20.8 Å². The average Bonchev–Trinajstić information content (AvgIpc) is 2.31. The third-order valence-corrected chi connectivity index (χ3v) is 3.66. The monoisotopic (exact) mass is 185 g/mol. The fraction of sp³-hybridized carbons (Fsp3) is 1.00. The highest BCUT2D eigenvalue weighted by Crippen LogP contribution is 2.38. The van der Waals surface area contributed by atoms with Gasteiger partial charge < -0.3 is 9.84 Å². The van der Waals surface area contributed by atoms with Crippen molar-refractivity contribution in [3.63, 3.8) is 0 Å². The molecule has 0 spiro atoms. The average molecular weight is 185 g/mol. The standard InChI is InChI=1S/C10H19NO2/c1-11-8-3-7(6-13-2)10(11)5-9(12)4-8/h7-10,12H,3-6H2,1-2H3. The molecule has 0 aromatic carbocycles. The molecular weight excluding hydrogens is 166 g/mol. The van der Waals surface area contributed by atoms with Crippen LogP contribution in [0.25, 0.3) is 0 Å². The molecule has 1 N–H and O–H groups in total. The minimum atomic E-state index is -0.0759. The fourth-order valence-electron chi connectivity index (χ4n) is 2.98. The normalized spacial score (nSPS) is 45.5. The molecule has 0 saturated carbocycles. The van der Waals surface area contributed by atoms with Crippen molar-refractivity contribution in [3.05, 3.63) is 0 Å². The highest BCUT2D eigenvalue weighted by molar-refractivity contribution is 4.98. The molecule has 0 aliphatic carbocycles. The predicted octanol–water partition coefficient (Wildman–Crippen LogP) is 0.476. The highest BCUT2D eigenvalue weighted by Gasteiger charge is 2.44. The molecule has 3 nitrogen and oxygen atoms in total. The number of fused-ring (bicyclic) bond motifs is 2. The second-order valence-electron chi connectivity index (χ2n) is 4.46. The quantitative estimate of drug-likeness (QED) is 0.679. The van der Waals surface area contributed by atoms with Crippen LogP contribution in [0.5, 0.6) is 0 Å². The minimum absolute atomic E-state index is 0.0759. The summed E-state index contributed by atoms with van der Waals surface area (Å²) in [5.41, 5.74) is 0. The van der Waals surface area contributed by atoms with E-state index >= 15 is 0 Å². The first kappa shape index (κ1) is 9.44. The van der Waals surface area contributed by atoms with E-state index in [0.717, 1.165) is 19.4 Å². The summed E-state index contributed by atoms with van der Waals surface area (Å²) in [5.74, 6) is 0.636. The fourth-order valence-corrected chi connectivity index (χ4v) is 2.98. The van der Waals surface area contributed by atoms with E-state index in [1.165, 1.54) is 6.42 Å². The van der Waals surface area contributed by atoms with Gasteiger partial charge in [-0.25, -0.2) is 0 Å². The molecule has 2 rings (SSSR count). The lowest BCUT2D eigenvalue weighted by Gasteiger charge is -2.35. The van der Waals surface area contributed by atoms with Gasteiger partial charge in [0.1, 0.15) is 0 Å². The molecule has 2 fully saturated rings. The number of aliphatic hydroxyl groups excluding tert-OH is 1. The van der Waals surface area contributed by atoms with E-state index in [-0.39, 0.29) is 6.10 Å². The number of rotatable bonds is 2. The topological polar surface area (TPSA) is 32.7 Å². The van der Waals surface area contributed by atoms with E-state index in [1.54, 1.807) is 7.11 Å². The first-order valence-corrected chi connectivity index (χ1v) is 5.11. The minimum Gasteiger partial charge on any atom is -0.393 e. The van der Waals surface area contributed by atoms with Crippen LogP contribution >= 0.6 is 0 Å². The maximum atomic E-state index is 9.63. The summed E-state index contributed by atoms with van der Waals surface area (Å²) < 4.78 is 5.21. The zero-order valence-corrected chi connectivity index (χ0v) is 8.44. The van der Waals surface area contributed by atoms with Crippen molar-refractivity contribution in [1.82, 2.24) is 4.90 Å². The second kappa shape index (κ2) is 3.56. The Kier molecular flexibility index (Phi) is 2.58. The van der Waals surface area contributed by atoms with Gasteiger partial charge in [0.2, 0.25) is 0 Å². The molecule has 0 radical (unpaired) electrons. The van der Waals surface area contributed by atoms with E-state index < -0.39 is 0 Å². The van der Waals surface area contributed by atoms with Gasteiger partial charge in [-0.05, 0) is 32.2 Å². The first-order valence-electron chi connectivity index (χ1n) is 5.11. The zero-order valence-electron chi connectivity index (χ0n) is 8.44. The van der Waals surface area contributed by atoms with Crippen molar-refractivity contribution in [2.45, 2.75) is 37.5 Å². The van der Waals surface area contributed by atoms with Gasteiger partial charge in [0.15, 0.2) is 0 Å². The number of aliphatic hydroxyl groups is 1. The van der Waals surface area contributed by atoms with Gasteiger partial charge in [0.05, 0.1) is 12.7 Å². The predicted molar refractivity (Wildman–Crippen MR) is 50.6 cm³/mol. The summed E-state index contributed by atoms with van der Waals surface area (Å²) >= 11 is 0. The van der Waals surface area contributed by atoms with E-state index in [1.807, 2.05) is 0 Å². The molecule has 2 heterocycles. The molecule has 13 heavy (non-hydrogen) atoms. The Morgan fingerprint density at radius 3 is 2.85 bits per heavy atom. The van der Waals surface area contributed by atoms with Crippen molar-refractivity contribution in [1.29, 1.82) is 0 Å². The van der Waals surface area contributed by atoms with E-state index in [2.05, 4.69) is 11.9 Å². The maximum Gasteiger partial charge on any atom is 0.0570 e. The zero-order chi connectivity index (χ0) is 9.42. The van der Waals surface area contributed by atoms with Crippen LogP contribution in [0.2, 0.25) is 0 Å². The number of piperidine rings is 1. The number of methoxy groups -OCH3 is 1. The van der Waals surface area contributed by atoms with Crippen LogP contribution < -0.4 is 0 Å². The highest BCUT2D eigenvalue weighted by atomic mass is 16.5. The lowest BCUT2D eigenvalue weighted by Crippen LogP contribution is -2.43. The molecular formula is C10H19NO2. The summed E-state index contributed by atoms with van der Waals surface area (Å²) in [4.78, 5) is 2.43. The van der Waals surface area contributed by atoms with Gasteiger partial charge in [-0.3, -0.25) is 4.90 Å². The Balaban J connectivity index is 2.04. The molecule has 2 aliphatic rings. The Bertz CT molecular complexity index is 186. The molecule has 0 aromatic heterocycles. The number of hydrogen-bond acceptors (Lipinski definition) is 3. The van der Waals surface area contributed by atoms with Crippen LogP contribution in [-0.2, 0) is 4.74 Å². The van der Waals surface area contributed by atoms with Crippen LogP contribution in [-0.4, -0.2) is 49.0 Å². The molecule has 2 saturated heterocycles.